The fourth-order valence-corrected chi connectivity index (χ4v) is 3.33. The highest BCUT2D eigenvalue weighted by Gasteiger charge is 2.35. The average molecular weight is 392 g/mol. The van der Waals surface area contributed by atoms with E-state index in [9.17, 15) is 18.0 Å². The first-order chi connectivity index (χ1) is 12.6. The maximum absolute atomic E-state index is 12.4. The summed E-state index contributed by atoms with van der Waals surface area (Å²) in [6.45, 7) is 3.82. The van der Waals surface area contributed by atoms with E-state index in [1.54, 1.807) is 30.9 Å². The summed E-state index contributed by atoms with van der Waals surface area (Å²) < 4.78 is 28.6. The molecule has 3 rings (SSSR count). The molecule has 1 fully saturated rings. The molecule has 0 bridgehead atoms. The van der Waals surface area contributed by atoms with Gasteiger partial charge in [-0.25, -0.2) is 8.42 Å². The second-order valence-corrected chi connectivity index (χ2v) is 8.78. The molecule has 2 aromatic rings. The van der Waals surface area contributed by atoms with Crippen molar-refractivity contribution in [2.45, 2.75) is 31.1 Å². The van der Waals surface area contributed by atoms with Gasteiger partial charge >= 0.3 is 6.01 Å². The van der Waals surface area contributed by atoms with Gasteiger partial charge in [-0.1, -0.05) is 18.9 Å². The molecule has 1 atom stereocenters. The van der Waals surface area contributed by atoms with Crippen LogP contribution >= 0.6 is 0 Å². The highest BCUT2D eigenvalue weighted by molar-refractivity contribution is 7.90. The molecule has 27 heavy (non-hydrogen) atoms. The number of benzene rings is 1. The predicted octanol–water partition coefficient (Wildman–Crippen LogP) is 1.59. The molecule has 9 nitrogen and oxygen atoms in total. The molecular formula is C17H20N4O5S. The van der Waals surface area contributed by atoms with Gasteiger partial charge < -0.3 is 9.32 Å². The fourth-order valence-electron chi connectivity index (χ4n) is 2.70. The number of hydrogen-bond acceptors (Lipinski definition) is 7. The van der Waals surface area contributed by atoms with Gasteiger partial charge in [-0.2, -0.15) is 0 Å². The topological polar surface area (TPSA) is 122 Å². The quantitative estimate of drug-likeness (QED) is 0.819. The highest BCUT2D eigenvalue weighted by Crippen LogP contribution is 2.32. The zero-order valence-corrected chi connectivity index (χ0v) is 16.0. The van der Waals surface area contributed by atoms with E-state index in [0.717, 1.165) is 6.26 Å². The molecule has 1 unspecified atom stereocenters. The first kappa shape index (κ1) is 19.0. The number of amides is 2. The summed E-state index contributed by atoms with van der Waals surface area (Å²) in [6.07, 6.45) is 1.32. The van der Waals surface area contributed by atoms with Gasteiger partial charge in [-0.15, -0.1) is 5.10 Å². The summed E-state index contributed by atoms with van der Waals surface area (Å²) in [4.78, 5) is 25.8. The van der Waals surface area contributed by atoms with Crippen LogP contribution in [0.15, 0.2) is 33.6 Å². The van der Waals surface area contributed by atoms with E-state index in [4.69, 9.17) is 4.42 Å². The lowest BCUT2D eigenvalue weighted by Crippen LogP contribution is -2.24. The lowest BCUT2D eigenvalue weighted by Gasteiger charge is -2.16. The largest absolute Gasteiger partial charge is 0.407 e. The fraction of sp³-hybridized carbons (Fsp3) is 0.412. The van der Waals surface area contributed by atoms with Gasteiger partial charge in [0.2, 0.25) is 17.7 Å². The van der Waals surface area contributed by atoms with Crippen molar-refractivity contribution in [1.29, 1.82) is 0 Å². The Kier molecular flexibility index (Phi) is 5.01. The first-order valence-corrected chi connectivity index (χ1v) is 10.3. The zero-order valence-electron chi connectivity index (χ0n) is 15.2. The molecule has 1 aromatic heterocycles. The van der Waals surface area contributed by atoms with E-state index in [2.05, 4.69) is 15.5 Å². The Hall–Kier alpha value is -2.75. The Morgan fingerprint density at radius 3 is 2.52 bits per heavy atom. The number of sulfone groups is 1. The molecule has 1 aliphatic heterocycles. The number of carbonyl (C=O) groups is 2. The second-order valence-electron chi connectivity index (χ2n) is 6.76. The average Bonchev–Trinajstić information content (AvgIpc) is 3.20. The number of anilines is 2. The van der Waals surface area contributed by atoms with Gasteiger partial charge in [0.25, 0.3) is 0 Å². The SMILES string of the molecule is CC(C)C(=O)Nc1nnc(C2CC(=O)N(c3ccc(S(C)(=O)=O)cc3)C2)o1. The minimum absolute atomic E-state index is 0.00658. The van der Waals surface area contributed by atoms with Crippen molar-refractivity contribution in [2.24, 2.45) is 5.92 Å². The van der Waals surface area contributed by atoms with Crippen molar-refractivity contribution < 1.29 is 22.4 Å². The molecule has 0 saturated carbocycles. The zero-order chi connectivity index (χ0) is 19.8. The summed E-state index contributed by atoms with van der Waals surface area (Å²) in [7, 11) is -3.30. The van der Waals surface area contributed by atoms with Crippen molar-refractivity contribution in [3.63, 3.8) is 0 Å². The maximum Gasteiger partial charge on any atom is 0.322 e. The number of aromatic nitrogens is 2. The lowest BCUT2D eigenvalue weighted by atomic mass is 10.1. The van der Waals surface area contributed by atoms with Crippen molar-refractivity contribution in [3.8, 4) is 0 Å². The molecule has 1 aliphatic rings. The van der Waals surface area contributed by atoms with Gasteiger partial charge in [0.15, 0.2) is 9.84 Å². The molecule has 2 amide bonds. The monoisotopic (exact) mass is 392 g/mol. The van der Waals surface area contributed by atoms with Gasteiger partial charge in [-0.3, -0.25) is 14.9 Å². The first-order valence-electron chi connectivity index (χ1n) is 8.40. The van der Waals surface area contributed by atoms with Crippen molar-refractivity contribution >= 4 is 33.4 Å². The third-order valence-electron chi connectivity index (χ3n) is 4.25. The summed E-state index contributed by atoms with van der Waals surface area (Å²) in [5.41, 5.74) is 0.600. The predicted molar refractivity (Wildman–Crippen MR) is 97.0 cm³/mol. The van der Waals surface area contributed by atoms with E-state index in [1.807, 2.05) is 0 Å². The van der Waals surface area contributed by atoms with Crippen LogP contribution in [0.2, 0.25) is 0 Å². The molecule has 0 aliphatic carbocycles. The van der Waals surface area contributed by atoms with Gasteiger partial charge in [0.05, 0.1) is 10.8 Å². The molecule has 0 spiro atoms. The van der Waals surface area contributed by atoms with E-state index in [-0.39, 0.29) is 46.9 Å². The van der Waals surface area contributed by atoms with E-state index in [1.165, 1.54) is 12.1 Å². The van der Waals surface area contributed by atoms with Crippen LogP contribution in [-0.2, 0) is 19.4 Å². The van der Waals surface area contributed by atoms with Crippen LogP contribution in [0, 0.1) is 5.92 Å². The van der Waals surface area contributed by atoms with E-state index in [0.29, 0.717) is 12.2 Å². The Morgan fingerprint density at radius 2 is 1.93 bits per heavy atom. The van der Waals surface area contributed by atoms with Crippen LogP contribution in [0.3, 0.4) is 0 Å². The number of carbonyl (C=O) groups excluding carboxylic acids is 2. The summed E-state index contributed by atoms with van der Waals surface area (Å²) in [6, 6.07) is 6.14. The van der Waals surface area contributed by atoms with Gasteiger partial charge in [0.1, 0.15) is 0 Å². The molecule has 1 aromatic carbocycles. The lowest BCUT2D eigenvalue weighted by molar-refractivity contribution is -0.119. The molecular weight excluding hydrogens is 372 g/mol. The third kappa shape index (κ3) is 4.16. The molecule has 144 valence electrons. The van der Waals surface area contributed by atoms with Crippen LogP contribution < -0.4 is 10.2 Å². The Bertz CT molecular complexity index is 965. The van der Waals surface area contributed by atoms with Gasteiger partial charge in [0, 0.05) is 30.8 Å². The number of rotatable bonds is 5. The van der Waals surface area contributed by atoms with E-state index < -0.39 is 9.84 Å². The van der Waals surface area contributed by atoms with Gasteiger partial charge in [-0.05, 0) is 24.3 Å². The van der Waals surface area contributed by atoms with Crippen molar-refractivity contribution in [3.05, 3.63) is 30.2 Å². The third-order valence-corrected chi connectivity index (χ3v) is 5.37. The summed E-state index contributed by atoms with van der Waals surface area (Å²) in [5.74, 6) is -0.612. The number of nitrogens with zero attached hydrogens (tertiary/aromatic N) is 3. The van der Waals surface area contributed by atoms with Crippen LogP contribution in [-0.4, -0.2) is 43.2 Å². The normalized spacial score (nSPS) is 17.6. The van der Waals surface area contributed by atoms with Crippen LogP contribution in [0.1, 0.15) is 32.1 Å². The number of hydrogen-bond donors (Lipinski definition) is 1. The second kappa shape index (κ2) is 7.10. The molecule has 10 heteroatoms. The Labute approximate surface area is 156 Å². The smallest absolute Gasteiger partial charge is 0.322 e. The van der Waals surface area contributed by atoms with E-state index >= 15 is 0 Å². The maximum atomic E-state index is 12.4. The minimum Gasteiger partial charge on any atom is -0.407 e. The molecule has 0 radical (unpaired) electrons. The Balaban J connectivity index is 1.72. The Morgan fingerprint density at radius 1 is 1.26 bits per heavy atom. The number of nitrogens with one attached hydrogen (secondary N) is 1. The summed E-state index contributed by atoms with van der Waals surface area (Å²) >= 11 is 0. The minimum atomic E-state index is -3.30. The highest BCUT2D eigenvalue weighted by atomic mass is 32.2. The molecule has 1 N–H and O–H groups in total. The molecule has 2 heterocycles. The van der Waals surface area contributed by atoms with Crippen LogP contribution in [0.25, 0.3) is 0 Å². The van der Waals surface area contributed by atoms with Crippen LogP contribution in [0.5, 0.6) is 0 Å². The summed E-state index contributed by atoms with van der Waals surface area (Å²) in [5, 5.41) is 10.3. The van der Waals surface area contributed by atoms with Crippen molar-refractivity contribution in [1.82, 2.24) is 10.2 Å². The molecule has 1 saturated heterocycles. The standard InChI is InChI=1S/C17H20N4O5S/c1-10(2)15(23)18-17-20-19-16(26-17)11-8-14(22)21(9-11)12-4-6-13(7-5-12)27(3,24)25/h4-7,10-11H,8-9H2,1-3H3,(H,18,20,23). The van der Waals surface area contributed by atoms with Crippen molar-refractivity contribution in [2.75, 3.05) is 23.0 Å². The van der Waals surface area contributed by atoms with Crippen LogP contribution in [0.4, 0.5) is 11.7 Å².